The van der Waals surface area contributed by atoms with Gasteiger partial charge in [-0.3, -0.25) is 0 Å². The van der Waals surface area contributed by atoms with Crippen molar-refractivity contribution in [2.24, 2.45) is 0 Å². The normalized spacial score (nSPS) is 10.1. The zero-order chi connectivity index (χ0) is 15.9. The van der Waals surface area contributed by atoms with Crippen LogP contribution in [0, 0.1) is 0 Å². The highest BCUT2D eigenvalue weighted by molar-refractivity contribution is 5.89. The van der Waals surface area contributed by atoms with Crippen LogP contribution in [-0.4, -0.2) is 31.6 Å². The van der Waals surface area contributed by atoms with E-state index in [9.17, 15) is 4.79 Å². The number of amides is 2. The van der Waals surface area contributed by atoms with Crippen molar-refractivity contribution in [2.75, 3.05) is 30.9 Å². The van der Waals surface area contributed by atoms with Crippen LogP contribution in [0.3, 0.4) is 0 Å². The standard InChI is InChI=1S/C18H23N3O/c1-4-21(14-15-8-6-5-7-9-15)18(22)19-16-10-12-17(13-11-16)20(2)3/h5-13H,4,14H2,1-3H3,(H,19,22). The highest BCUT2D eigenvalue weighted by Gasteiger charge is 2.12. The van der Waals surface area contributed by atoms with E-state index < -0.39 is 0 Å². The van der Waals surface area contributed by atoms with Crippen LogP contribution in [-0.2, 0) is 6.54 Å². The van der Waals surface area contributed by atoms with Gasteiger partial charge in [0.15, 0.2) is 0 Å². The first-order valence-electron chi connectivity index (χ1n) is 7.47. The van der Waals surface area contributed by atoms with Gasteiger partial charge in [-0.25, -0.2) is 4.79 Å². The minimum absolute atomic E-state index is 0.0797. The van der Waals surface area contributed by atoms with E-state index >= 15 is 0 Å². The third kappa shape index (κ3) is 4.25. The van der Waals surface area contributed by atoms with Gasteiger partial charge in [0.1, 0.15) is 0 Å². The second-order valence-electron chi connectivity index (χ2n) is 5.37. The first-order chi connectivity index (χ1) is 10.6. The quantitative estimate of drug-likeness (QED) is 0.911. The Labute approximate surface area is 132 Å². The Morgan fingerprint density at radius 2 is 1.64 bits per heavy atom. The summed E-state index contributed by atoms with van der Waals surface area (Å²) >= 11 is 0. The summed E-state index contributed by atoms with van der Waals surface area (Å²) in [5, 5.41) is 2.95. The molecule has 0 atom stereocenters. The predicted octanol–water partition coefficient (Wildman–Crippen LogP) is 3.81. The van der Waals surface area contributed by atoms with E-state index in [1.807, 2.05) is 80.5 Å². The van der Waals surface area contributed by atoms with Gasteiger partial charge in [0.25, 0.3) is 0 Å². The molecule has 0 fully saturated rings. The fourth-order valence-corrected chi connectivity index (χ4v) is 2.18. The van der Waals surface area contributed by atoms with Crippen LogP contribution in [0.5, 0.6) is 0 Å². The molecule has 0 saturated heterocycles. The number of benzene rings is 2. The van der Waals surface area contributed by atoms with E-state index in [1.165, 1.54) is 0 Å². The molecule has 2 aromatic rings. The van der Waals surface area contributed by atoms with Crippen LogP contribution in [0.1, 0.15) is 12.5 Å². The van der Waals surface area contributed by atoms with E-state index in [-0.39, 0.29) is 6.03 Å². The third-order valence-corrected chi connectivity index (χ3v) is 3.52. The maximum atomic E-state index is 12.4. The molecule has 0 radical (unpaired) electrons. The molecular weight excluding hydrogens is 274 g/mol. The average Bonchev–Trinajstić information content (AvgIpc) is 2.54. The molecule has 0 aliphatic rings. The minimum atomic E-state index is -0.0797. The van der Waals surface area contributed by atoms with Crippen LogP contribution < -0.4 is 10.2 Å². The maximum Gasteiger partial charge on any atom is 0.322 e. The number of nitrogens with one attached hydrogen (secondary N) is 1. The van der Waals surface area contributed by atoms with Crippen molar-refractivity contribution in [3.63, 3.8) is 0 Å². The van der Waals surface area contributed by atoms with Gasteiger partial charge in [-0.05, 0) is 36.8 Å². The van der Waals surface area contributed by atoms with Gasteiger partial charge >= 0.3 is 6.03 Å². The van der Waals surface area contributed by atoms with Crippen LogP contribution in [0.25, 0.3) is 0 Å². The summed E-state index contributed by atoms with van der Waals surface area (Å²) in [6.07, 6.45) is 0. The molecule has 0 aromatic heterocycles. The summed E-state index contributed by atoms with van der Waals surface area (Å²) in [6, 6.07) is 17.8. The summed E-state index contributed by atoms with van der Waals surface area (Å²) < 4.78 is 0. The van der Waals surface area contributed by atoms with Gasteiger partial charge in [0, 0.05) is 38.6 Å². The third-order valence-electron chi connectivity index (χ3n) is 3.52. The second kappa shape index (κ2) is 7.50. The number of carbonyl (C=O) groups excluding carboxylic acids is 1. The Kier molecular flexibility index (Phi) is 5.42. The van der Waals surface area contributed by atoms with Crippen molar-refractivity contribution < 1.29 is 4.79 Å². The predicted molar refractivity (Wildman–Crippen MR) is 92.3 cm³/mol. The van der Waals surface area contributed by atoms with Gasteiger partial charge < -0.3 is 15.1 Å². The lowest BCUT2D eigenvalue weighted by molar-refractivity contribution is 0.212. The number of carbonyl (C=O) groups is 1. The van der Waals surface area contributed by atoms with Crippen molar-refractivity contribution in [3.8, 4) is 0 Å². The number of hydrogen-bond donors (Lipinski definition) is 1. The largest absolute Gasteiger partial charge is 0.378 e. The molecule has 2 aromatic carbocycles. The summed E-state index contributed by atoms with van der Waals surface area (Å²) in [7, 11) is 3.98. The molecule has 0 unspecified atom stereocenters. The fourth-order valence-electron chi connectivity index (χ4n) is 2.18. The highest BCUT2D eigenvalue weighted by atomic mass is 16.2. The lowest BCUT2D eigenvalue weighted by atomic mass is 10.2. The molecule has 116 valence electrons. The lowest BCUT2D eigenvalue weighted by Crippen LogP contribution is -2.34. The van der Waals surface area contributed by atoms with Gasteiger partial charge in [-0.2, -0.15) is 0 Å². The van der Waals surface area contributed by atoms with E-state index in [2.05, 4.69) is 5.32 Å². The zero-order valence-corrected chi connectivity index (χ0v) is 13.4. The minimum Gasteiger partial charge on any atom is -0.378 e. The SMILES string of the molecule is CCN(Cc1ccccc1)C(=O)Nc1ccc(N(C)C)cc1. The van der Waals surface area contributed by atoms with Gasteiger partial charge in [-0.1, -0.05) is 30.3 Å². The van der Waals surface area contributed by atoms with Crippen LogP contribution in [0.4, 0.5) is 16.2 Å². The number of rotatable bonds is 5. The van der Waals surface area contributed by atoms with Crippen molar-refractivity contribution in [1.29, 1.82) is 0 Å². The lowest BCUT2D eigenvalue weighted by Gasteiger charge is -2.22. The van der Waals surface area contributed by atoms with Crippen molar-refractivity contribution in [3.05, 3.63) is 60.2 Å². The molecule has 0 saturated carbocycles. The molecule has 0 aliphatic heterocycles. The smallest absolute Gasteiger partial charge is 0.322 e. The van der Waals surface area contributed by atoms with Crippen LogP contribution in [0.2, 0.25) is 0 Å². The summed E-state index contributed by atoms with van der Waals surface area (Å²) in [5.74, 6) is 0. The number of anilines is 2. The molecule has 4 heteroatoms. The number of urea groups is 1. The molecule has 0 aliphatic carbocycles. The molecule has 2 amide bonds. The van der Waals surface area contributed by atoms with E-state index in [4.69, 9.17) is 0 Å². The fraction of sp³-hybridized carbons (Fsp3) is 0.278. The summed E-state index contributed by atoms with van der Waals surface area (Å²) in [4.78, 5) is 16.2. The molecule has 4 nitrogen and oxygen atoms in total. The Bertz CT molecular complexity index is 593. The molecule has 1 N–H and O–H groups in total. The maximum absolute atomic E-state index is 12.4. The Morgan fingerprint density at radius 3 is 2.18 bits per heavy atom. The molecule has 0 spiro atoms. The topological polar surface area (TPSA) is 35.6 Å². The van der Waals surface area contributed by atoms with Crippen LogP contribution >= 0.6 is 0 Å². The molecule has 0 bridgehead atoms. The first-order valence-corrected chi connectivity index (χ1v) is 7.47. The van der Waals surface area contributed by atoms with E-state index in [0.29, 0.717) is 13.1 Å². The Balaban J connectivity index is 2.00. The molecule has 22 heavy (non-hydrogen) atoms. The first kappa shape index (κ1) is 15.9. The molecule has 0 heterocycles. The van der Waals surface area contributed by atoms with Crippen LogP contribution in [0.15, 0.2) is 54.6 Å². The molecule has 2 rings (SSSR count). The van der Waals surface area contributed by atoms with Crippen molar-refractivity contribution in [2.45, 2.75) is 13.5 Å². The van der Waals surface area contributed by atoms with E-state index in [1.54, 1.807) is 4.90 Å². The van der Waals surface area contributed by atoms with E-state index in [0.717, 1.165) is 16.9 Å². The van der Waals surface area contributed by atoms with Gasteiger partial charge in [0.2, 0.25) is 0 Å². The highest BCUT2D eigenvalue weighted by Crippen LogP contribution is 2.16. The van der Waals surface area contributed by atoms with Crippen molar-refractivity contribution >= 4 is 17.4 Å². The van der Waals surface area contributed by atoms with Crippen molar-refractivity contribution in [1.82, 2.24) is 4.90 Å². The van der Waals surface area contributed by atoms with Gasteiger partial charge in [0.05, 0.1) is 0 Å². The second-order valence-corrected chi connectivity index (χ2v) is 5.37. The zero-order valence-electron chi connectivity index (χ0n) is 13.4. The Hall–Kier alpha value is -2.49. The summed E-state index contributed by atoms with van der Waals surface area (Å²) in [5.41, 5.74) is 3.04. The Morgan fingerprint density at radius 1 is 1.00 bits per heavy atom. The monoisotopic (exact) mass is 297 g/mol. The molecular formula is C18H23N3O. The summed E-state index contributed by atoms with van der Waals surface area (Å²) in [6.45, 7) is 3.26. The average molecular weight is 297 g/mol. The van der Waals surface area contributed by atoms with Gasteiger partial charge in [-0.15, -0.1) is 0 Å². The number of nitrogens with zero attached hydrogens (tertiary/aromatic N) is 2. The number of hydrogen-bond acceptors (Lipinski definition) is 2.